The van der Waals surface area contributed by atoms with Crippen molar-refractivity contribution in [3.8, 4) is 0 Å². The van der Waals surface area contributed by atoms with Crippen LogP contribution in [0.15, 0.2) is 0 Å². The fraction of sp³-hybridized carbons (Fsp3) is 0.571. The lowest BCUT2D eigenvalue weighted by Crippen LogP contribution is -2.58. The Morgan fingerprint density at radius 2 is 2.47 bits per heavy atom. The van der Waals surface area contributed by atoms with E-state index in [0.717, 1.165) is 0 Å². The molecule has 7 nitrogen and oxygen atoms in total. The Morgan fingerprint density at radius 3 is 3.00 bits per heavy atom. The van der Waals surface area contributed by atoms with Crippen LogP contribution in [-0.2, 0) is 14.3 Å². The summed E-state index contributed by atoms with van der Waals surface area (Å²) in [7, 11) is 1.28. The molecule has 1 saturated heterocycles. The predicted octanol–water partition coefficient (Wildman–Crippen LogP) is -1.74. The van der Waals surface area contributed by atoms with Crippen LogP contribution in [0.4, 0.5) is 0 Å². The average Bonchev–Trinajstić information content (AvgIpc) is 2.26. The van der Waals surface area contributed by atoms with Crippen LogP contribution < -0.4 is 16.7 Å². The Morgan fingerprint density at radius 1 is 1.80 bits per heavy atom. The molecule has 1 heterocycles. The summed E-state index contributed by atoms with van der Waals surface area (Å²) >= 11 is 4.83. The summed E-state index contributed by atoms with van der Waals surface area (Å²) in [6, 6.07) is 0. The maximum Gasteiger partial charge on any atom is 0.311 e. The monoisotopic (exact) mass is 232 g/mol. The highest BCUT2D eigenvalue weighted by atomic mass is 32.1. The number of carbonyl (C=O) groups is 2. The smallest absolute Gasteiger partial charge is 0.311 e. The summed E-state index contributed by atoms with van der Waals surface area (Å²) in [6.07, 6.45) is 0.0936. The van der Waals surface area contributed by atoms with E-state index in [1.165, 1.54) is 12.1 Å². The van der Waals surface area contributed by atoms with Crippen molar-refractivity contribution in [3.05, 3.63) is 0 Å². The van der Waals surface area contributed by atoms with E-state index in [9.17, 15) is 9.59 Å². The number of rotatable bonds is 1. The van der Waals surface area contributed by atoms with E-state index in [1.807, 2.05) is 0 Å². The number of amides is 1. The van der Waals surface area contributed by atoms with Crippen LogP contribution in [0.3, 0.4) is 0 Å². The molecular formula is C7H12N4O3S. The van der Waals surface area contributed by atoms with Crippen molar-refractivity contribution in [1.82, 2.24) is 15.9 Å². The van der Waals surface area contributed by atoms with Gasteiger partial charge in [0.05, 0.1) is 19.6 Å². The Balaban J connectivity index is 2.67. The molecular weight excluding hydrogens is 220 g/mol. The average molecular weight is 232 g/mol. The number of hydrogen-bond donors (Lipinski definition) is 3. The van der Waals surface area contributed by atoms with Gasteiger partial charge in [-0.15, -0.1) is 0 Å². The lowest BCUT2D eigenvalue weighted by molar-refractivity contribution is -0.150. The Labute approximate surface area is 91.9 Å². The SMILES string of the molecule is COC(=O)C1CC(=O)NN(C(=S)NN)C1. The minimum absolute atomic E-state index is 0.0936. The van der Waals surface area contributed by atoms with Crippen LogP contribution in [0.2, 0.25) is 0 Å². The molecule has 0 aromatic carbocycles. The third kappa shape index (κ3) is 2.77. The van der Waals surface area contributed by atoms with Gasteiger partial charge in [0.2, 0.25) is 11.0 Å². The zero-order chi connectivity index (χ0) is 11.4. The van der Waals surface area contributed by atoms with E-state index in [2.05, 4.69) is 15.6 Å². The van der Waals surface area contributed by atoms with Crippen LogP contribution in [-0.4, -0.2) is 35.7 Å². The van der Waals surface area contributed by atoms with E-state index >= 15 is 0 Å². The summed E-state index contributed by atoms with van der Waals surface area (Å²) < 4.78 is 4.56. The molecule has 1 atom stereocenters. The van der Waals surface area contributed by atoms with Gasteiger partial charge in [0.15, 0.2) is 0 Å². The molecule has 0 aromatic rings. The van der Waals surface area contributed by atoms with Gasteiger partial charge in [-0.25, -0.2) is 5.84 Å². The summed E-state index contributed by atoms with van der Waals surface area (Å²) in [4.78, 5) is 22.5. The fourth-order valence-electron chi connectivity index (χ4n) is 1.29. The van der Waals surface area contributed by atoms with E-state index < -0.39 is 11.9 Å². The number of nitrogens with one attached hydrogen (secondary N) is 2. The molecule has 0 radical (unpaired) electrons. The molecule has 84 valence electrons. The van der Waals surface area contributed by atoms with Crippen LogP contribution in [0, 0.1) is 5.92 Å². The number of nitrogens with two attached hydrogens (primary N) is 1. The fourth-order valence-corrected chi connectivity index (χ4v) is 1.41. The number of methoxy groups -OCH3 is 1. The zero-order valence-corrected chi connectivity index (χ0v) is 8.97. The first-order chi connectivity index (χ1) is 7.08. The summed E-state index contributed by atoms with van der Waals surface area (Å²) in [5.74, 6) is 3.85. The number of hydrazine groups is 2. The molecule has 0 aliphatic carbocycles. The van der Waals surface area contributed by atoms with E-state index in [1.54, 1.807) is 0 Å². The first-order valence-electron chi connectivity index (χ1n) is 4.24. The van der Waals surface area contributed by atoms with Gasteiger partial charge in [-0.2, -0.15) is 0 Å². The van der Waals surface area contributed by atoms with Gasteiger partial charge >= 0.3 is 5.97 Å². The molecule has 1 amide bonds. The second-order valence-corrected chi connectivity index (χ2v) is 3.41. The standard InChI is InChI=1S/C7H12N4O3S/c1-14-6(13)4-2-5(12)10-11(3-4)7(15)9-8/h4H,2-3,8H2,1H3,(H,9,15)(H,10,12). The molecule has 4 N–H and O–H groups in total. The Kier molecular flexibility index (Phi) is 3.81. The summed E-state index contributed by atoms with van der Waals surface area (Å²) in [6.45, 7) is 0.251. The maximum atomic E-state index is 11.2. The van der Waals surface area contributed by atoms with Crippen LogP contribution in [0.25, 0.3) is 0 Å². The van der Waals surface area contributed by atoms with Gasteiger partial charge in [-0.1, -0.05) is 0 Å². The minimum atomic E-state index is -0.518. The highest BCUT2D eigenvalue weighted by Crippen LogP contribution is 2.12. The van der Waals surface area contributed by atoms with Gasteiger partial charge in [0, 0.05) is 6.42 Å². The molecule has 8 heteroatoms. The number of ether oxygens (including phenoxy) is 1. The van der Waals surface area contributed by atoms with Crippen molar-refractivity contribution in [2.45, 2.75) is 6.42 Å². The number of esters is 1. The van der Waals surface area contributed by atoms with Crippen LogP contribution in [0.1, 0.15) is 6.42 Å². The van der Waals surface area contributed by atoms with Gasteiger partial charge in [-0.05, 0) is 12.2 Å². The van der Waals surface area contributed by atoms with E-state index in [0.29, 0.717) is 0 Å². The second-order valence-electron chi connectivity index (χ2n) is 3.02. The minimum Gasteiger partial charge on any atom is -0.469 e. The second kappa shape index (κ2) is 4.89. The molecule has 0 saturated carbocycles. The summed E-state index contributed by atoms with van der Waals surface area (Å²) in [5.41, 5.74) is 4.70. The van der Waals surface area contributed by atoms with Crippen LogP contribution in [0.5, 0.6) is 0 Å². The first-order valence-corrected chi connectivity index (χ1v) is 4.64. The van der Waals surface area contributed by atoms with Crippen molar-refractivity contribution >= 4 is 29.2 Å². The largest absolute Gasteiger partial charge is 0.469 e. The zero-order valence-electron chi connectivity index (χ0n) is 8.15. The third-order valence-corrected chi connectivity index (χ3v) is 2.34. The van der Waals surface area contributed by atoms with Crippen molar-refractivity contribution in [2.24, 2.45) is 11.8 Å². The number of thiocarbonyl (C=S) groups is 1. The summed E-state index contributed by atoms with van der Waals surface area (Å²) in [5, 5.41) is 1.46. The van der Waals surface area contributed by atoms with Crippen molar-refractivity contribution in [3.63, 3.8) is 0 Å². The predicted molar refractivity (Wildman–Crippen MR) is 54.9 cm³/mol. The Bertz CT molecular complexity index is 270. The van der Waals surface area contributed by atoms with Gasteiger partial charge in [0.25, 0.3) is 0 Å². The van der Waals surface area contributed by atoms with Crippen LogP contribution >= 0.6 is 12.2 Å². The lowest BCUT2D eigenvalue weighted by atomic mass is 10.0. The third-order valence-electron chi connectivity index (χ3n) is 2.00. The van der Waals surface area contributed by atoms with E-state index in [4.69, 9.17) is 18.1 Å². The molecule has 1 aliphatic rings. The van der Waals surface area contributed by atoms with Crippen molar-refractivity contribution in [2.75, 3.05) is 13.7 Å². The molecule has 0 spiro atoms. The molecule has 0 aromatic heterocycles. The molecule has 1 aliphatic heterocycles. The number of hydrogen-bond acceptors (Lipinski definition) is 5. The molecule has 1 unspecified atom stereocenters. The normalized spacial score (nSPS) is 20.5. The van der Waals surface area contributed by atoms with Crippen molar-refractivity contribution in [1.29, 1.82) is 0 Å². The number of nitrogens with zero attached hydrogens (tertiary/aromatic N) is 1. The van der Waals surface area contributed by atoms with E-state index in [-0.39, 0.29) is 24.0 Å². The molecule has 0 bridgehead atoms. The van der Waals surface area contributed by atoms with Gasteiger partial charge in [-0.3, -0.25) is 25.4 Å². The Hall–Kier alpha value is -1.41. The first kappa shape index (κ1) is 11.7. The topological polar surface area (TPSA) is 96.7 Å². The number of carbonyl (C=O) groups excluding carboxylic acids is 2. The quantitative estimate of drug-likeness (QED) is 0.214. The highest BCUT2D eigenvalue weighted by Gasteiger charge is 2.31. The molecule has 1 rings (SSSR count). The maximum absolute atomic E-state index is 11.2. The molecule has 1 fully saturated rings. The highest BCUT2D eigenvalue weighted by molar-refractivity contribution is 7.80. The van der Waals surface area contributed by atoms with Gasteiger partial charge in [0.1, 0.15) is 0 Å². The van der Waals surface area contributed by atoms with Gasteiger partial charge < -0.3 is 4.74 Å². The lowest BCUT2D eigenvalue weighted by Gasteiger charge is -2.32. The van der Waals surface area contributed by atoms with Crippen molar-refractivity contribution < 1.29 is 14.3 Å². The molecule has 15 heavy (non-hydrogen) atoms.